The zero-order valence-corrected chi connectivity index (χ0v) is 20.8. The number of hydrogen-bond acceptors (Lipinski definition) is 8. The van der Waals surface area contributed by atoms with Gasteiger partial charge >= 0.3 is 10.1 Å². The molecule has 1 heterocycles. The molecule has 4 rings (SSSR count). The first-order valence-corrected chi connectivity index (χ1v) is 13.5. The number of carbonyl (C=O) groups excluding carboxylic acids is 2. The Morgan fingerprint density at radius 1 is 0.914 bits per heavy atom. The lowest BCUT2D eigenvalue weighted by atomic mass is 10.1. The molecule has 0 bridgehead atoms. The first-order chi connectivity index (χ1) is 16.8. The number of rotatable bonds is 10. The summed E-state index contributed by atoms with van der Waals surface area (Å²) < 4.78 is 42.1. The van der Waals surface area contributed by atoms with Gasteiger partial charge in [0.25, 0.3) is 11.8 Å². The highest BCUT2D eigenvalue weighted by molar-refractivity contribution is 8.21. The van der Waals surface area contributed by atoms with Crippen molar-refractivity contribution in [3.8, 4) is 17.2 Å². The second-order valence-corrected chi connectivity index (χ2v) is 10.2. The topological polar surface area (TPSA) is 108 Å². The SMILES string of the molecule is Cc1cc(OCCCOc2cccc3c2C(=O)NC3=O)cc(OS(=O)(=O)c2cccc(SCl)c2)c1. The number of halogens is 1. The van der Waals surface area contributed by atoms with E-state index in [0.717, 1.165) is 16.5 Å². The minimum atomic E-state index is -4.06. The quantitative estimate of drug-likeness (QED) is 0.226. The smallest absolute Gasteiger partial charge is 0.339 e. The zero-order valence-electron chi connectivity index (χ0n) is 18.4. The summed E-state index contributed by atoms with van der Waals surface area (Å²) in [6.45, 7) is 2.31. The molecule has 3 aromatic rings. The van der Waals surface area contributed by atoms with Crippen LogP contribution < -0.4 is 19.0 Å². The number of amides is 2. The summed E-state index contributed by atoms with van der Waals surface area (Å²) in [7, 11) is 2.58. The average Bonchev–Trinajstić information content (AvgIpc) is 3.12. The van der Waals surface area contributed by atoms with Crippen molar-refractivity contribution in [1.82, 2.24) is 5.32 Å². The van der Waals surface area contributed by atoms with E-state index in [1.165, 1.54) is 18.2 Å². The van der Waals surface area contributed by atoms with Crippen LogP contribution in [-0.2, 0) is 10.1 Å². The Morgan fingerprint density at radius 3 is 2.46 bits per heavy atom. The molecule has 1 aliphatic rings. The maximum absolute atomic E-state index is 12.7. The lowest BCUT2D eigenvalue weighted by molar-refractivity contribution is 0.0878. The number of imide groups is 1. The number of hydrogen-bond donors (Lipinski definition) is 1. The van der Waals surface area contributed by atoms with Crippen molar-refractivity contribution >= 4 is 43.6 Å². The number of carbonyl (C=O) groups is 2. The van der Waals surface area contributed by atoms with Gasteiger partial charge in [0.2, 0.25) is 0 Å². The van der Waals surface area contributed by atoms with Crippen LogP contribution in [0.15, 0.2) is 70.5 Å². The molecule has 3 aromatic carbocycles. The number of nitrogens with one attached hydrogen (secondary N) is 1. The van der Waals surface area contributed by atoms with E-state index in [1.807, 2.05) is 0 Å². The monoisotopic (exact) mass is 533 g/mol. The van der Waals surface area contributed by atoms with Gasteiger partial charge in [-0.15, -0.1) is 0 Å². The normalized spacial score (nSPS) is 12.7. The predicted octanol–water partition coefficient (Wildman–Crippen LogP) is 4.74. The second kappa shape index (κ2) is 10.6. The van der Waals surface area contributed by atoms with Crippen molar-refractivity contribution in [3.05, 3.63) is 77.4 Å². The molecule has 0 saturated carbocycles. The minimum absolute atomic E-state index is 0.00736. The van der Waals surface area contributed by atoms with E-state index in [0.29, 0.717) is 28.4 Å². The third-order valence-electron chi connectivity index (χ3n) is 4.95. The Hall–Kier alpha value is -3.21. The Labute approximate surface area is 211 Å². The molecule has 11 heteroatoms. The summed E-state index contributed by atoms with van der Waals surface area (Å²) >= 11 is 0. The fraction of sp³-hybridized carbons (Fsp3) is 0.167. The van der Waals surface area contributed by atoms with E-state index in [-0.39, 0.29) is 29.4 Å². The molecular formula is C24H20ClNO7S2. The van der Waals surface area contributed by atoms with Crippen LogP contribution in [0.1, 0.15) is 32.7 Å². The second-order valence-electron chi connectivity index (χ2n) is 7.58. The largest absolute Gasteiger partial charge is 0.493 e. The van der Waals surface area contributed by atoms with Crippen LogP contribution in [0.2, 0.25) is 0 Å². The predicted molar refractivity (Wildman–Crippen MR) is 131 cm³/mol. The first-order valence-electron chi connectivity index (χ1n) is 10.5. The van der Waals surface area contributed by atoms with Gasteiger partial charge < -0.3 is 13.7 Å². The van der Waals surface area contributed by atoms with Crippen LogP contribution in [0.5, 0.6) is 17.2 Å². The van der Waals surface area contributed by atoms with E-state index < -0.39 is 21.9 Å². The molecule has 0 radical (unpaired) electrons. The number of benzene rings is 3. The van der Waals surface area contributed by atoms with Crippen LogP contribution in [0, 0.1) is 6.92 Å². The highest BCUT2D eigenvalue weighted by atomic mass is 35.7. The third-order valence-corrected chi connectivity index (χ3v) is 7.16. The van der Waals surface area contributed by atoms with E-state index in [2.05, 4.69) is 5.32 Å². The van der Waals surface area contributed by atoms with Gasteiger partial charge in [-0.25, -0.2) is 0 Å². The molecule has 2 amide bonds. The average molecular weight is 534 g/mol. The Morgan fingerprint density at radius 2 is 1.66 bits per heavy atom. The molecule has 0 atom stereocenters. The Bertz CT molecular complexity index is 1390. The zero-order chi connectivity index (χ0) is 25.0. The van der Waals surface area contributed by atoms with Crippen molar-refractivity contribution in [1.29, 1.82) is 0 Å². The number of fused-ring (bicyclic) bond motifs is 1. The van der Waals surface area contributed by atoms with Crippen molar-refractivity contribution in [2.24, 2.45) is 0 Å². The highest BCUT2D eigenvalue weighted by Crippen LogP contribution is 2.29. The summed E-state index contributed by atoms with van der Waals surface area (Å²) in [5.74, 6) is -0.0309. The fourth-order valence-electron chi connectivity index (χ4n) is 3.44. The number of ether oxygens (including phenoxy) is 2. The van der Waals surface area contributed by atoms with Crippen molar-refractivity contribution in [2.45, 2.75) is 23.1 Å². The summed E-state index contributed by atoms with van der Waals surface area (Å²) in [6, 6.07) is 15.8. The van der Waals surface area contributed by atoms with Gasteiger partial charge in [-0.3, -0.25) is 14.9 Å². The van der Waals surface area contributed by atoms with Crippen molar-refractivity contribution < 1.29 is 31.7 Å². The maximum atomic E-state index is 12.7. The number of aryl methyl sites for hydroxylation is 1. The van der Waals surface area contributed by atoms with E-state index in [9.17, 15) is 18.0 Å². The van der Waals surface area contributed by atoms with Crippen LogP contribution in [-0.4, -0.2) is 33.4 Å². The molecule has 0 aromatic heterocycles. The highest BCUT2D eigenvalue weighted by Gasteiger charge is 2.30. The molecule has 182 valence electrons. The molecular weight excluding hydrogens is 514 g/mol. The van der Waals surface area contributed by atoms with Gasteiger partial charge in [-0.2, -0.15) is 8.42 Å². The van der Waals surface area contributed by atoms with Crippen LogP contribution >= 0.6 is 21.7 Å². The van der Waals surface area contributed by atoms with Crippen LogP contribution in [0.25, 0.3) is 0 Å². The summed E-state index contributed by atoms with van der Waals surface area (Å²) in [6.07, 6.45) is 0.477. The standard InChI is InChI=1S/C24H20ClNO7S2/c1-15-11-16(13-17(12-15)33-35(29,30)19-6-2-5-18(14-19)34-25)31-9-4-10-32-21-8-3-7-20-22(21)24(28)26-23(20)27/h2-3,5-8,11-14H,4,9-10H2,1H3,(H,26,27,28). The van der Waals surface area contributed by atoms with Gasteiger partial charge in [0.1, 0.15) is 22.1 Å². The first kappa shape index (κ1) is 24.9. The summed E-state index contributed by atoms with van der Waals surface area (Å²) in [4.78, 5) is 24.3. The lowest BCUT2D eigenvalue weighted by Gasteiger charge is -2.12. The van der Waals surface area contributed by atoms with Crippen LogP contribution in [0.3, 0.4) is 0 Å². The Kier molecular flexibility index (Phi) is 7.54. The summed E-state index contributed by atoms with van der Waals surface area (Å²) in [5, 5.41) is 2.24. The summed E-state index contributed by atoms with van der Waals surface area (Å²) in [5.41, 5.74) is 1.28. The Balaban J connectivity index is 1.35. The van der Waals surface area contributed by atoms with E-state index in [1.54, 1.807) is 49.4 Å². The van der Waals surface area contributed by atoms with Gasteiger partial charge in [0, 0.05) is 17.4 Å². The van der Waals surface area contributed by atoms with Crippen molar-refractivity contribution in [3.63, 3.8) is 0 Å². The maximum Gasteiger partial charge on any atom is 0.339 e. The van der Waals surface area contributed by atoms with Gasteiger partial charge in [-0.1, -0.05) is 12.1 Å². The molecule has 35 heavy (non-hydrogen) atoms. The lowest BCUT2D eigenvalue weighted by Crippen LogP contribution is -2.20. The van der Waals surface area contributed by atoms with Gasteiger partial charge in [0.05, 0.1) is 24.3 Å². The van der Waals surface area contributed by atoms with Gasteiger partial charge in [0.15, 0.2) is 0 Å². The van der Waals surface area contributed by atoms with Crippen molar-refractivity contribution in [2.75, 3.05) is 13.2 Å². The van der Waals surface area contributed by atoms with Gasteiger partial charge in [-0.05, 0) is 76.6 Å². The molecule has 0 unspecified atom stereocenters. The molecule has 0 aliphatic carbocycles. The van der Waals surface area contributed by atoms with E-state index >= 15 is 0 Å². The minimum Gasteiger partial charge on any atom is -0.493 e. The molecule has 0 fully saturated rings. The van der Waals surface area contributed by atoms with Crippen LogP contribution in [0.4, 0.5) is 0 Å². The third kappa shape index (κ3) is 5.90. The molecule has 1 aliphatic heterocycles. The molecule has 0 spiro atoms. The molecule has 8 nitrogen and oxygen atoms in total. The fourth-order valence-corrected chi connectivity index (χ4v) is 5.06. The molecule has 0 saturated heterocycles. The molecule has 1 N–H and O–H groups in total. The van der Waals surface area contributed by atoms with E-state index in [4.69, 9.17) is 24.3 Å².